The second kappa shape index (κ2) is 30.8. The van der Waals surface area contributed by atoms with Crippen LogP contribution in [-0.4, -0.2) is 159 Å². The molecule has 0 spiro atoms. The van der Waals surface area contributed by atoms with Gasteiger partial charge in [-0.05, 0) is 76.4 Å². The number of aliphatic hydroxyl groups excluding tert-OH is 2. The maximum atomic E-state index is 14.0. The Labute approximate surface area is 387 Å². The zero-order chi connectivity index (χ0) is 50.8. The van der Waals surface area contributed by atoms with Crippen LogP contribution in [0.2, 0.25) is 0 Å². The smallest absolute Gasteiger partial charge is 0.326 e. The summed E-state index contributed by atoms with van der Waals surface area (Å²) in [7, 11) is 0. The third-order valence-corrected chi connectivity index (χ3v) is 10.2. The van der Waals surface area contributed by atoms with E-state index in [9.17, 15) is 68.4 Å². The standard InChI is InChI=1S/C42H68N10O15/c1-22(2)34(52-40(64)33(45)23(3)54)41(65)47-26(14-8-10-18-44)36(60)50-29(20-32(57)58)38(62)46-25(13-7-9-17-43)35(59)49-28(19-24-11-5-4-6-12-24)37(61)51-30(21-53)39(63)48-27(42(66)67)15-16-31(55)56/h4-6,11-12,22-23,25-30,33-34,53-54H,7-10,13-21,43-45H2,1-3H3,(H,46,62)(H,47,65)(H,48,63)(H,49,59)(H,50,60)(H,51,61)(H,52,64)(H,55,56)(H,57,58)(H,66,67)/t23-,25+,26+,27+,28+,29+,30+,33+,34+/m1/s1. The van der Waals surface area contributed by atoms with Crippen molar-refractivity contribution in [2.75, 3.05) is 19.7 Å². The van der Waals surface area contributed by atoms with Gasteiger partial charge in [-0.2, -0.15) is 0 Å². The van der Waals surface area contributed by atoms with Crippen LogP contribution in [0.4, 0.5) is 0 Å². The fourth-order valence-corrected chi connectivity index (χ4v) is 6.31. The number of nitrogens with one attached hydrogen (secondary N) is 7. The minimum Gasteiger partial charge on any atom is -0.481 e. The van der Waals surface area contributed by atoms with Gasteiger partial charge in [0.2, 0.25) is 41.4 Å². The van der Waals surface area contributed by atoms with Gasteiger partial charge in [-0.1, -0.05) is 44.2 Å². The van der Waals surface area contributed by atoms with E-state index < -0.39 is 145 Å². The van der Waals surface area contributed by atoms with Crippen LogP contribution in [0, 0.1) is 5.92 Å². The van der Waals surface area contributed by atoms with Crippen molar-refractivity contribution in [1.29, 1.82) is 0 Å². The van der Waals surface area contributed by atoms with E-state index >= 15 is 0 Å². The van der Waals surface area contributed by atoms with Gasteiger partial charge in [0.1, 0.15) is 48.3 Å². The lowest BCUT2D eigenvalue weighted by atomic mass is 10.0. The highest BCUT2D eigenvalue weighted by Crippen LogP contribution is 2.11. The third-order valence-electron chi connectivity index (χ3n) is 10.2. The largest absolute Gasteiger partial charge is 0.481 e. The van der Waals surface area contributed by atoms with Crippen molar-refractivity contribution < 1.29 is 73.5 Å². The predicted octanol–water partition coefficient (Wildman–Crippen LogP) is -4.34. The summed E-state index contributed by atoms with van der Waals surface area (Å²) in [5, 5.41) is 64.6. The Morgan fingerprint density at radius 1 is 0.537 bits per heavy atom. The van der Waals surface area contributed by atoms with Gasteiger partial charge >= 0.3 is 17.9 Å². The van der Waals surface area contributed by atoms with E-state index in [0.717, 1.165) is 0 Å². The molecule has 0 saturated carbocycles. The normalized spacial score (nSPS) is 15.1. The van der Waals surface area contributed by atoms with Crippen molar-refractivity contribution in [1.82, 2.24) is 37.2 Å². The van der Waals surface area contributed by atoms with Crippen LogP contribution in [0.1, 0.15) is 84.1 Å². The first-order valence-corrected chi connectivity index (χ1v) is 21.8. The van der Waals surface area contributed by atoms with Crippen molar-refractivity contribution >= 4 is 59.3 Å². The van der Waals surface area contributed by atoms with E-state index in [-0.39, 0.29) is 45.2 Å². The van der Waals surface area contributed by atoms with Gasteiger partial charge < -0.3 is 80.0 Å². The molecule has 18 N–H and O–H groups in total. The first-order chi connectivity index (χ1) is 31.6. The van der Waals surface area contributed by atoms with E-state index in [0.29, 0.717) is 18.4 Å². The average molecular weight is 953 g/mol. The topological polar surface area (TPSA) is 434 Å². The van der Waals surface area contributed by atoms with Crippen molar-refractivity contribution in [2.24, 2.45) is 23.1 Å². The highest BCUT2D eigenvalue weighted by Gasteiger charge is 2.36. The monoisotopic (exact) mass is 952 g/mol. The van der Waals surface area contributed by atoms with Crippen molar-refractivity contribution in [3.05, 3.63) is 35.9 Å². The molecule has 67 heavy (non-hydrogen) atoms. The molecule has 0 bridgehead atoms. The number of aliphatic hydroxyl groups is 2. The number of hydrogen-bond donors (Lipinski definition) is 15. The molecule has 9 atom stereocenters. The van der Waals surface area contributed by atoms with Crippen LogP contribution in [0.3, 0.4) is 0 Å². The van der Waals surface area contributed by atoms with E-state index in [1.165, 1.54) is 6.92 Å². The molecule has 1 aromatic rings. The van der Waals surface area contributed by atoms with E-state index in [2.05, 4.69) is 37.2 Å². The Kier molecular flexibility index (Phi) is 27.0. The number of unbranched alkanes of at least 4 members (excludes halogenated alkanes) is 2. The van der Waals surface area contributed by atoms with Gasteiger partial charge in [0.15, 0.2) is 0 Å². The quantitative estimate of drug-likeness (QED) is 0.0296. The number of rotatable bonds is 33. The number of hydrogen-bond acceptors (Lipinski definition) is 15. The summed E-state index contributed by atoms with van der Waals surface area (Å²) in [4.78, 5) is 129. The molecule has 0 radical (unpaired) electrons. The average Bonchev–Trinajstić information content (AvgIpc) is 3.26. The second-order valence-corrected chi connectivity index (χ2v) is 16.2. The Balaban J connectivity index is 3.48. The SMILES string of the molecule is CC(C)[C@H](NC(=O)[C@@H](N)[C@@H](C)O)C(=O)N[C@@H](CCCCN)C(=O)N[C@@H](CC(=O)O)C(=O)N[C@@H](CCCCN)C(=O)N[C@@H](Cc1ccccc1)C(=O)N[C@@H](CO)C(=O)N[C@@H](CCC(=O)O)C(=O)O. The predicted molar refractivity (Wildman–Crippen MR) is 238 cm³/mol. The zero-order valence-corrected chi connectivity index (χ0v) is 37.9. The van der Waals surface area contributed by atoms with Crippen LogP contribution in [0.25, 0.3) is 0 Å². The molecule has 0 aliphatic carbocycles. The second-order valence-electron chi connectivity index (χ2n) is 16.2. The molecule has 0 heterocycles. The molecule has 1 aromatic carbocycles. The molecule has 0 aromatic heterocycles. The first-order valence-electron chi connectivity index (χ1n) is 21.8. The van der Waals surface area contributed by atoms with Crippen LogP contribution in [0.15, 0.2) is 30.3 Å². The maximum absolute atomic E-state index is 14.0. The number of carbonyl (C=O) groups is 10. The lowest BCUT2D eigenvalue weighted by Gasteiger charge is -2.28. The minimum absolute atomic E-state index is 0.0409. The molecule has 0 fully saturated rings. The summed E-state index contributed by atoms with van der Waals surface area (Å²) >= 11 is 0. The molecule has 0 saturated heterocycles. The molecular weight excluding hydrogens is 885 g/mol. The lowest BCUT2D eigenvalue weighted by Crippen LogP contribution is -2.61. The highest BCUT2D eigenvalue weighted by molar-refractivity contribution is 5.98. The Morgan fingerprint density at radius 2 is 0.985 bits per heavy atom. The summed E-state index contributed by atoms with van der Waals surface area (Å²) in [5.74, 6) is -12.0. The van der Waals surface area contributed by atoms with E-state index in [1.54, 1.807) is 44.2 Å². The van der Waals surface area contributed by atoms with Crippen molar-refractivity contribution in [3.8, 4) is 0 Å². The number of benzene rings is 1. The summed E-state index contributed by atoms with van der Waals surface area (Å²) in [6, 6.07) is -4.17. The van der Waals surface area contributed by atoms with E-state index in [4.69, 9.17) is 22.3 Å². The number of aliphatic carboxylic acids is 3. The van der Waals surface area contributed by atoms with Gasteiger partial charge in [0.05, 0.1) is 19.1 Å². The number of amides is 7. The third kappa shape index (κ3) is 22.2. The molecule has 0 aliphatic heterocycles. The summed E-state index contributed by atoms with van der Waals surface area (Å²) in [6.07, 6.45) is -2.49. The fourth-order valence-electron chi connectivity index (χ4n) is 6.31. The molecule has 7 amide bonds. The van der Waals surface area contributed by atoms with Gasteiger partial charge in [0, 0.05) is 12.8 Å². The van der Waals surface area contributed by atoms with Crippen molar-refractivity contribution in [3.63, 3.8) is 0 Å². The number of nitrogens with two attached hydrogens (primary N) is 3. The summed E-state index contributed by atoms with van der Waals surface area (Å²) in [5.41, 5.74) is 17.5. The van der Waals surface area contributed by atoms with Gasteiger partial charge in [-0.15, -0.1) is 0 Å². The maximum Gasteiger partial charge on any atom is 0.326 e. The number of carboxylic acid groups (broad SMARTS) is 3. The molecule has 0 unspecified atom stereocenters. The molecule has 376 valence electrons. The van der Waals surface area contributed by atoms with Crippen LogP contribution in [0.5, 0.6) is 0 Å². The summed E-state index contributed by atoms with van der Waals surface area (Å²) < 4.78 is 0. The molecule has 1 rings (SSSR count). The molecule has 0 aliphatic rings. The first kappa shape index (κ1) is 58.7. The van der Waals surface area contributed by atoms with E-state index in [1.807, 2.05) is 0 Å². The van der Waals surface area contributed by atoms with Gasteiger partial charge in [-0.3, -0.25) is 43.2 Å². The number of carboxylic acids is 3. The Bertz CT molecular complexity index is 1820. The highest BCUT2D eigenvalue weighted by atomic mass is 16.4. The molecule has 25 nitrogen and oxygen atoms in total. The van der Waals surface area contributed by atoms with Crippen LogP contribution in [-0.2, 0) is 54.4 Å². The molecule has 25 heteroatoms. The van der Waals surface area contributed by atoms with Crippen LogP contribution < -0.4 is 54.4 Å². The minimum atomic E-state index is -1.84. The molecular formula is C42H68N10O15. The fraction of sp³-hybridized carbons (Fsp3) is 0.619. The van der Waals surface area contributed by atoms with Crippen molar-refractivity contribution in [2.45, 2.75) is 139 Å². The van der Waals surface area contributed by atoms with Gasteiger partial charge in [-0.25, -0.2) is 4.79 Å². The Hall–Kier alpha value is -6.28. The number of carbonyl (C=O) groups excluding carboxylic acids is 7. The Morgan fingerprint density at radius 3 is 1.45 bits per heavy atom. The summed E-state index contributed by atoms with van der Waals surface area (Å²) in [6.45, 7) is 3.83. The van der Waals surface area contributed by atoms with Gasteiger partial charge in [0.25, 0.3) is 0 Å². The van der Waals surface area contributed by atoms with Crippen LogP contribution >= 0.6 is 0 Å². The lowest BCUT2D eigenvalue weighted by molar-refractivity contribution is -0.144. The zero-order valence-electron chi connectivity index (χ0n) is 37.9.